The van der Waals surface area contributed by atoms with E-state index in [2.05, 4.69) is 23.7 Å². The third kappa shape index (κ3) is 3.46. The molecule has 32 heavy (non-hydrogen) atoms. The second-order valence-electron chi connectivity index (χ2n) is 9.48. The summed E-state index contributed by atoms with van der Waals surface area (Å²) in [5.74, 6) is 1.12. The van der Waals surface area contributed by atoms with E-state index in [1.165, 1.54) is 6.20 Å². The minimum absolute atomic E-state index is 0.139. The summed E-state index contributed by atoms with van der Waals surface area (Å²) in [5.41, 5.74) is 6.43. The first-order valence-corrected chi connectivity index (χ1v) is 11.4. The smallest absolute Gasteiger partial charge is 0.383 e. The van der Waals surface area contributed by atoms with E-state index in [0.29, 0.717) is 41.5 Å². The van der Waals surface area contributed by atoms with E-state index in [1.54, 1.807) is 0 Å². The molecule has 3 atom stereocenters. The fraction of sp³-hybridized carbons (Fsp3) is 0.609. The Kier molecular flexibility index (Phi) is 4.98. The Bertz CT molecular complexity index is 1040. The minimum Gasteiger partial charge on any atom is -0.383 e. The zero-order chi connectivity index (χ0) is 22.8. The number of anilines is 1. The zero-order valence-electron chi connectivity index (χ0n) is 18.3. The van der Waals surface area contributed by atoms with Crippen molar-refractivity contribution in [3.8, 4) is 11.3 Å². The largest absolute Gasteiger partial charge is 0.419 e. The van der Waals surface area contributed by atoms with Crippen LogP contribution in [0.5, 0.6) is 0 Å². The van der Waals surface area contributed by atoms with Gasteiger partial charge in [-0.25, -0.2) is 4.98 Å². The van der Waals surface area contributed by atoms with Crippen LogP contribution in [0.3, 0.4) is 0 Å². The van der Waals surface area contributed by atoms with E-state index in [0.717, 1.165) is 44.0 Å². The standard InChI is InChI=1S/C23H28F3N5O/c1-3-12(2)31-19(21-15-8-14(9-16(15)21)30-6-4-5-20(30)32)10-18(29-31)13-7-17(23(24,25)26)22(27)28-11-13/h7,10-12,14-16,21H,3-6,8-9H2,1-2H3,(H2,27,28). The predicted molar refractivity (Wildman–Crippen MR) is 114 cm³/mol. The molecule has 0 spiro atoms. The van der Waals surface area contributed by atoms with Crippen molar-refractivity contribution in [1.29, 1.82) is 0 Å². The van der Waals surface area contributed by atoms with Crippen molar-refractivity contribution in [1.82, 2.24) is 19.7 Å². The van der Waals surface area contributed by atoms with Gasteiger partial charge < -0.3 is 10.6 Å². The van der Waals surface area contributed by atoms with E-state index in [-0.39, 0.29) is 11.9 Å². The number of halogens is 3. The Morgan fingerprint density at radius 2 is 1.97 bits per heavy atom. The van der Waals surface area contributed by atoms with Crippen LogP contribution in [0, 0.1) is 11.8 Å². The molecule has 3 fully saturated rings. The van der Waals surface area contributed by atoms with Gasteiger partial charge in [0.15, 0.2) is 0 Å². The van der Waals surface area contributed by atoms with Crippen LogP contribution >= 0.6 is 0 Å². The average Bonchev–Trinajstić information content (AvgIpc) is 3.19. The van der Waals surface area contributed by atoms with Crippen LogP contribution in [-0.4, -0.2) is 38.2 Å². The Labute approximate surface area is 185 Å². The van der Waals surface area contributed by atoms with Gasteiger partial charge in [0.1, 0.15) is 5.82 Å². The summed E-state index contributed by atoms with van der Waals surface area (Å²) >= 11 is 0. The maximum absolute atomic E-state index is 13.3. The maximum Gasteiger partial charge on any atom is 0.419 e. The monoisotopic (exact) mass is 447 g/mol. The van der Waals surface area contributed by atoms with Gasteiger partial charge in [0.25, 0.3) is 0 Å². The maximum atomic E-state index is 13.3. The summed E-state index contributed by atoms with van der Waals surface area (Å²) in [6.07, 6.45) is 1.29. The number of hydrogen-bond donors (Lipinski definition) is 1. The number of likely N-dealkylation sites (tertiary alicyclic amines) is 1. The Morgan fingerprint density at radius 3 is 2.56 bits per heavy atom. The van der Waals surface area contributed by atoms with Crippen LogP contribution in [0.15, 0.2) is 18.3 Å². The van der Waals surface area contributed by atoms with E-state index >= 15 is 0 Å². The molecule has 0 aromatic carbocycles. The summed E-state index contributed by atoms with van der Waals surface area (Å²) in [4.78, 5) is 17.9. The fourth-order valence-electron chi connectivity index (χ4n) is 5.73. The van der Waals surface area contributed by atoms with E-state index in [9.17, 15) is 18.0 Å². The summed E-state index contributed by atoms with van der Waals surface area (Å²) in [5, 5.41) is 4.71. The average molecular weight is 448 g/mol. The number of fused-ring (bicyclic) bond motifs is 1. The predicted octanol–water partition coefficient (Wildman–Crippen LogP) is 4.63. The third-order valence-electron chi connectivity index (χ3n) is 7.61. The van der Waals surface area contributed by atoms with Gasteiger partial charge in [0.05, 0.1) is 11.3 Å². The van der Waals surface area contributed by atoms with Gasteiger partial charge in [-0.1, -0.05) is 6.92 Å². The highest BCUT2D eigenvalue weighted by atomic mass is 19.4. The van der Waals surface area contributed by atoms with Gasteiger partial charge in [-0.3, -0.25) is 9.48 Å². The fourth-order valence-corrected chi connectivity index (χ4v) is 5.73. The van der Waals surface area contributed by atoms with Gasteiger partial charge in [0, 0.05) is 48.4 Å². The number of nitrogens with zero attached hydrogens (tertiary/aromatic N) is 4. The molecule has 3 unspecified atom stereocenters. The molecular weight excluding hydrogens is 419 g/mol. The van der Waals surface area contributed by atoms with Gasteiger partial charge >= 0.3 is 6.18 Å². The highest BCUT2D eigenvalue weighted by Gasteiger charge is 2.59. The number of hydrogen-bond acceptors (Lipinski definition) is 4. The third-order valence-corrected chi connectivity index (χ3v) is 7.61. The minimum atomic E-state index is -4.56. The van der Waals surface area contributed by atoms with Gasteiger partial charge in [0.2, 0.25) is 5.91 Å². The molecule has 3 aliphatic rings. The molecule has 5 rings (SSSR count). The quantitative estimate of drug-likeness (QED) is 0.725. The number of rotatable bonds is 5. The zero-order valence-corrected chi connectivity index (χ0v) is 18.3. The van der Waals surface area contributed by atoms with Crippen molar-refractivity contribution < 1.29 is 18.0 Å². The van der Waals surface area contributed by atoms with Crippen molar-refractivity contribution in [3.05, 3.63) is 29.6 Å². The van der Waals surface area contributed by atoms with Crippen molar-refractivity contribution in [3.63, 3.8) is 0 Å². The van der Waals surface area contributed by atoms with Crippen LogP contribution in [0.25, 0.3) is 11.3 Å². The van der Waals surface area contributed by atoms with Crippen LogP contribution in [-0.2, 0) is 11.0 Å². The first kappa shape index (κ1) is 21.3. The number of pyridine rings is 1. The second kappa shape index (κ2) is 7.49. The number of nitrogens with two attached hydrogens (primary N) is 1. The summed E-state index contributed by atoms with van der Waals surface area (Å²) < 4.78 is 42.0. The molecule has 9 heteroatoms. The lowest BCUT2D eigenvalue weighted by atomic mass is 10.0. The summed E-state index contributed by atoms with van der Waals surface area (Å²) in [6.45, 7) is 5.02. The lowest BCUT2D eigenvalue weighted by molar-refractivity contribution is -0.137. The molecule has 2 N–H and O–H groups in total. The van der Waals surface area contributed by atoms with Crippen LogP contribution in [0.1, 0.15) is 69.2 Å². The van der Waals surface area contributed by atoms with E-state index < -0.39 is 17.6 Å². The highest BCUT2D eigenvalue weighted by molar-refractivity contribution is 5.78. The molecule has 1 amide bonds. The van der Waals surface area contributed by atoms with Crippen molar-refractivity contribution in [2.24, 2.45) is 11.8 Å². The molecule has 3 heterocycles. The number of alkyl halides is 3. The molecule has 6 nitrogen and oxygen atoms in total. The molecule has 172 valence electrons. The SMILES string of the molecule is CCC(C)n1nc(-c2cnc(N)c(C(F)(F)F)c2)cc1C1C2CC(N3CCCC3=O)CC21. The van der Waals surface area contributed by atoms with Crippen LogP contribution in [0.4, 0.5) is 19.0 Å². The molecule has 2 aromatic rings. The first-order valence-electron chi connectivity index (χ1n) is 11.4. The number of aromatic nitrogens is 3. The Morgan fingerprint density at radius 1 is 1.25 bits per heavy atom. The van der Waals surface area contributed by atoms with Crippen LogP contribution < -0.4 is 5.73 Å². The van der Waals surface area contributed by atoms with E-state index in [4.69, 9.17) is 10.8 Å². The lowest BCUT2D eigenvalue weighted by Gasteiger charge is -2.26. The molecule has 2 aromatic heterocycles. The first-order chi connectivity index (χ1) is 15.2. The van der Waals surface area contributed by atoms with Gasteiger partial charge in [-0.2, -0.15) is 18.3 Å². The Hall–Kier alpha value is -2.58. The highest BCUT2D eigenvalue weighted by Crippen LogP contribution is 2.64. The summed E-state index contributed by atoms with van der Waals surface area (Å²) in [6, 6.07) is 3.45. The van der Waals surface area contributed by atoms with Crippen molar-refractivity contribution >= 4 is 11.7 Å². The number of carbonyl (C=O) groups is 1. The number of amides is 1. The summed E-state index contributed by atoms with van der Waals surface area (Å²) in [7, 11) is 0. The Balaban J connectivity index is 1.42. The van der Waals surface area contributed by atoms with Gasteiger partial charge in [-0.15, -0.1) is 0 Å². The molecule has 1 saturated heterocycles. The van der Waals surface area contributed by atoms with Gasteiger partial charge in [-0.05, 0) is 56.6 Å². The molecule has 0 bridgehead atoms. The molecule has 1 aliphatic heterocycles. The van der Waals surface area contributed by atoms with Crippen molar-refractivity contribution in [2.75, 3.05) is 12.3 Å². The van der Waals surface area contributed by atoms with Crippen molar-refractivity contribution in [2.45, 2.75) is 70.1 Å². The lowest BCUT2D eigenvalue weighted by Crippen LogP contribution is -2.35. The second-order valence-corrected chi connectivity index (χ2v) is 9.48. The topological polar surface area (TPSA) is 77.0 Å². The molecule has 0 radical (unpaired) electrons. The van der Waals surface area contributed by atoms with Crippen LogP contribution in [0.2, 0.25) is 0 Å². The number of carbonyl (C=O) groups excluding carboxylic acids is 1. The number of nitrogen functional groups attached to an aromatic ring is 1. The molecular formula is C23H28F3N5O. The normalized spacial score (nSPS) is 28.3. The molecule has 2 aliphatic carbocycles. The van der Waals surface area contributed by atoms with E-state index in [1.807, 2.05) is 10.7 Å². The molecule has 2 saturated carbocycles.